The highest BCUT2D eigenvalue weighted by molar-refractivity contribution is 14.0. The van der Waals surface area contributed by atoms with Crippen LogP contribution in [0.3, 0.4) is 0 Å². The summed E-state index contributed by atoms with van der Waals surface area (Å²) in [7, 11) is 3.67. The zero-order valence-electron chi connectivity index (χ0n) is 18.6. The van der Waals surface area contributed by atoms with Crippen LogP contribution >= 0.6 is 24.0 Å². The third-order valence-corrected chi connectivity index (χ3v) is 4.98. The van der Waals surface area contributed by atoms with Crippen LogP contribution in [0.1, 0.15) is 28.3 Å². The van der Waals surface area contributed by atoms with E-state index in [1.165, 1.54) is 11.1 Å². The number of rotatable bonds is 8. The van der Waals surface area contributed by atoms with E-state index in [0.717, 1.165) is 41.9 Å². The molecule has 0 fully saturated rings. The molecule has 0 radical (unpaired) electrons. The second-order valence-corrected chi connectivity index (χ2v) is 7.22. The lowest BCUT2D eigenvalue weighted by Gasteiger charge is -2.14. The number of halogens is 1. The number of hydrogen-bond donors (Lipinski definition) is 2. The summed E-state index contributed by atoms with van der Waals surface area (Å²) >= 11 is 0. The molecule has 0 saturated heterocycles. The summed E-state index contributed by atoms with van der Waals surface area (Å²) in [5, 5.41) is 15.1. The van der Waals surface area contributed by atoms with Gasteiger partial charge in [-0.15, -0.1) is 34.2 Å². The van der Waals surface area contributed by atoms with Gasteiger partial charge in [0.1, 0.15) is 11.6 Å². The molecule has 0 saturated carbocycles. The molecule has 0 bridgehead atoms. The number of hydrogen-bond acceptors (Lipinski definition) is 4. The van der Waals surface area contributed by atoms with Crippen molar-refractivity contribution in [1.82, 2.24) is 25.4 Å². The highest BCUT2D eigenvalue weighted by Crippen LogP contribution is 2.19. The van der Waals surface area contributed by atoms with Crippen LogP contribution in [0.4, 0.5) is 0 Å². The van der Waals surface area contributed by atoms with E-state index < -0.39 is 0 Å². The van der Waals surface area contributed by atoms with Crippen molar-refractivity contribution in [2.45, 2.75) is 33.4 Å². The van der Waals surface area contributed by atoms with Gasteiger partial charge in [0, 0.05) is 13.6 Å². The van der Waals surface area contributed by atoms with Crippen LogP contribution in [0.5, 0.6) is 5.75 Å². The molecular formula is C23H31IN6O. The lowest BCUT2D eigenvalue weighted by Crippen LogP contribution is -2.38. The Kier molecular flexibility index (Phi) is 9.77. The Hall–Kier alpha value is -2.62. The summed E-state index contributed by atoms with van der Waals surface area (Å²) in [6.07, 6.45) is 0.833. The zero-order valence-corrected chi connectivity index (χ0v) is 20.9. The molecule has 0 unspecified atom stereocenters. The first kappa shape index (κ1) is 24.6. The Morgan fingerprint density at radius 2 is 1.84 bits per heavy atom. The average Bonchev–Trinajstić information content (AvgIpc) is 3.08. The van der Waals surface area contributed by atoms with E-state index in [1.54, 1.807) is 7.11 Å². The Morgan fingerprint density at radius 3 is 2.52 bits per heavy atom. The molecule has 2 N–H and O–H groups in total. The molecule has 1 aromatic heterocycles. The number of aromatic nitrogens is 3. The third-order valence-electron chi connectivity index (χ3n) is 4.98. The van der Waals surface area contributed by atoms with Crippen molar-refractivity contribution < 1.29 is 4.74 Å². The van der Waals surface area contributed by atoms with Crippen molar-refractivity contribution in [3.63, 3.8) is 0 Å². The molecule has 0 amide bonds. The van der Waals surface area contributed by atoms with Crippen LogP contribution in [0.15, 0.2) is 53.5 Å². The highest BCUT2D eigenvalue weighted by Gasteiger charge is 2.08. The number of guanidine groups is 1. The second kappa shape index (κ2) is 12.3. The van der Waals surface area contributed by atoms with E-state index in [0.29, 0.717) is 13.1 Å². The van der Waals surface area contributed by atoms with Crippen molar-refractivity contribution >= 4 is 29.9 Å². The van der Waals surface area contributed by atoms with Crippen LogP contribution in [-0.2, 0) is 26.6 Å². The Morgan fingerprint density at radius 1 is 1.06 bits per heavy atom. The van der Waals surface area contributed by atoms with Gasteiger partial charge in [0.2, 0.25) is 0 Å². The molecule has 2 aromatic carbocycles. The molecule has 3 rings (SSSR count). The first-order chi connectivity index (χ1) is 14.6. The predicted octanol–water partition coefficient (Wildman–Crippen LogP) is 3.54. The predicted molar refractivity (Wildman–Crippen MR) is 135 cm³/mol. The normalized spacial score (nSPS) is 11.0. The van der Waals surface area contributed by atoms with Gasteiger partial charge in [0.05, 0.1) is 20.2 Å². The van der Waals surface area contributed by atoms with Gasteiger partial charge in [-0.3, -0.25) is 0 Å². The standard InChI is InChI=1S/C23H30N6O.HI/c1-17-10-11-21(30-4)20(14-17)12-13-24-23(25-15-19-8-6-5-7-9-19)26-16-22-28-27-18(2)29(22)3;/h5-11,14H,12-13,15-16H2,1-4H3,(H2,24,25,26);1H. The molecule has 0 aliphatic carbocycles. The third kappa shape index (κ3) is 7.23. The SMILES string of the molecule is COc1ccc(C)cc1CCNC(=NCc1ccccc1)NCc1nnc(C)n1C.I. The molecular weight excluding hydrogens is 503 g/mol. The topological polar surface area (TPSA) is 76.4 Å². The van der Waals surface area contributed by atoms with E-state index in [4.69, 9.17) is 9.73 Å². The Bertz CT molecular complexity index is 987. The molecule has 1 heterocycles. The minimum atomic E-state index is 0. The molecule has 166 valence electrons. The maximum Gasteiger partial charge on any atom is 0.191 e. The van der Waals surface area contributed by atoms with Gasteiger partial charge in [-0.2, -0.15) is 0 Å². The second-order valence-electron chi connectivity index (χ2n) is 7.22. The first-order valence-corrected chi connectivity index (χ1v) is 10.1. The summed E-state index contributed by atoms with van der Waals surface area (Å²) in [4.78, 5) is 4.74. The fourth-order valence-electron chi connectivity index (χ4n) is 3.11. The fraction of sp³-hybridized carbons (Fsp3) is 0.348. The largest absolute Gasteiger partial charge is 0.496 e. The van der Waals surface area contributed by atoms with E-state index in [-0.39, 0.29) is 24.0 Å². The van der Waals surface area contributed by atoms with Crippen molar-refractivity contribution in [2.75, 3.05) is 13.7 Å². The number of nitrogens with zero attached hydrogens (tertiary/aromatic N) is 4. The van der Waals surface area contributed by atoms with Crippen molar-refractivity contribution in [2.24, 2.45) is 12.0 Å². The van der Waals surface area contributed by atoms with Gasteiger partial charge in [-0.1, -0.05) is 48.0 Å². The fourth-order valence-corrected chi connectivity index (χ4v) is 3.11. The maximum atomic E-state index is 5.49. The molecule has 3 aromatic rings. The molecule has 8 heteroatoms. The van der Waals surface area contributed by atoms with Gasteiger partial charge < -0.3 is 19.9 Å². The van der Waals surface area contributed by atoms with Crippen LogP contribution in [-0.4, -0.2) is 34.4 Å². The van der Waals surface area contributed by atoms with E-state index in [1.807, 2.05) is 42.8 Å². The van der Waals surface area contributed by atoms with Crippen LogP contribution in [0, 0.1) is 13.8 Å². The number of methoxy groups -OCH3 is 1. The van der Waals surface area contributed by atoms with E-state index in [2.05, 4.69) is 52.0 Å². The molecule has 7 nitrogen and oxygen atoms in total. The molecule has 0 atom stereocenters. The minimum absolute atomic E-state index is 0. The van der Waals surface area contributed by atoms with Crippen molar-refractivity contribution in [3.8, 4) is 5.75 Å². The number of aryl methyl sites for hydroxylation is 2. The smallest absolute Gasteiger partial charge is 0.191 e. The van der Waals surface area contributed by atoms with Gasteiger partial charge in [-0.05, 0) is 37.5 Å². The number of ether oxygens (including phenoxy) is 1. The average molecular weight is 534 g/mol. The first-order valence-electron chi connectivity index (χ1n) is 10.1. The Labute approximate surface area is 201 Å². The van der Waals surface area contributed by atoms with Crippen LogP contribution in [0.25, 0.3) is 0 Å². The quantitative estimate of drug-likeness (QED) is 0.263. The lowest BCUT2D eigenvalue weighted by atomic mass is 10.1. The summed E-state index contributed by atoms with van der Waals surface area (Å²) in [5.74, 6) is 3.40. The zero-order chi connectivity index (χ0) is 21.3. The lowest BCUT2D eigenvalue weighted by molar-refractivity contribution is 0.409. The summed E-state index contributed by atoms with van der Waals surface area (Å²) < 4.78 is 7.46. The van der Waals surface area contributed by atoms with E-state index in [9.17, 15) is 0 Å². The summed E-state index contributed by atoms with van der Waals surface area (Å²) in [5.41, 5.74) is 3.56. The maximum absolute atomic E-state index is 5.49. The Balaban J connectivity index is 0.00000341. The monoisotopic (exact) mass is 534 g/mol. The van der Waals surface area contributed by atoms with Crippen molar-refractivity contribution in [3.05, 3.63) is 76.9 Å². The number of benzene rings is 2. The molecule has 0 spiro atoms. The summed E-state index contributed by atoms with van der Waals surface area (Å²) in [6.45, 7) is 5.91. The van der Waals surface area contributed by atoms with Gasteiger partial charge in [0.15, 0.2) is 11.8 Å². The minimum Gasteiger partial charge on any atom is -0.496 e. The molecule has 0 aliphatic heterocycles. The van der Waals surface area contributed by atoms with Gasteiger partial charge in [-0.25, -0.2) is 4.99 Å². The van der Waals surface area contributed by atoms with Gasteiger partial charge in [0.25, 0.3) is 0 Å². The highest BCUT2D eigenvalue weighted by atomic mass is 127. The molecule has 31 heavy (non-hydrogen) atoms. The van der Waals surface area contributed by atoms with Crippen molar-refractivity contribution in [1.29, 1.82) is 0 Å². The van der Waals surface area contributed by atoms with Crippen LogP contribution < -0.4 is 15.4 Å². The van der Waals surface area contributed by atoms with Crippen LogP contribution in [0.2, 0.25) is 0 Å². The van der Waals surface area contributed by atoms with Gasteiger partial charge >= 0.3 is 0 Å². The molecule has 0 aliphatic rings. The number of nitrogens with one attached hydrogen (secondary N) is 2. The summed E-state index contributed by atoms with van der Waals surface area (Å²) in [6, 6.07) is 16.5. The number of aliphatic imine (C=N–C) groups is 1. The van der Waals surface area contributed by atoms with E-state index >= 15 is 0 Å².